The number of carbonyl (C=O) groups excluding carboxylic acids is 1. The third-order valence-electron chi connectivity index (χ3n) is 3.32. The molecule has 2 rings (SSSR count). The molecular formula is C12H18N2O2S. The topological polar surface area (TPSA) is 64.4 Å². The minimum atomic E-state index is -0.421. The van der Waals surface area contributed by atoms with Crippen LogP contribution in [0, 0.1) is 5.41 Å². The fourth-order valence-corrected chi connectivity index (χ4v) is 2.79. The summed E-state index contributed by atoms with van der Waals surface area (Å²) in [5.74, 6) is -0.209. The number of hydrogen-bond acceptors (Lipinski definition) is 4. The predicted octanol–water partition coefficient (Wildman–Crippen LogP) is 1.12. The Balaban J connectivity index is 1.87. The lowest BCUT2D eigenvalue weighted by atomic mass is 9.79. The van der Waals surface area contributed by atoms with Crippen LogP contribution in [0.15, 0.2) is 17.5 Å². The quantitative estimate of drug-likeness (QED) is 0.827. The molecule has 1 fully saturated rings. The van der Waals surface area contributed by atoms with E-state index in [1.54, 1.807) is 11.3 Å². The van der Waals surface area contributed by atoms with Gasteiger partial charge in [0.25, 0.3) is 0 Å². The molecule has 1 aliphatic rings. The lowest BCUT2D eigenvalue weighted by molar-refractivity contribution is -0.132. The average molecular weight is 254 g/mol. The molecule has 0 aliphatic carbocycles. The molecule has 4 nitrogen and oxygen atoms in total. The van der Waals surface area contributed by atoms with E-state index in [2.05, 4.69) is 16.8 Å². The molecule has 1 amide bonds. The Bertz CT molecular complexity index is 359. The zero-order valence-corrected chi connectivity index (χ0v) is 10.6. The van der Waals surface area contributed by atoms with Crippen molar-refractivity contribution in [1.82, 2.24) is 5.32 Å². The Morgan fingerprint density at radius 2 is 2.29 bits per heavy atom. The number of nitrogens with two attached hydrogens (primary N) is 1. The van der Waals surface area contributed by atoms with Crippen LogP contribution in [0.1, 0.15) is 17.7 Å². The molecule has 0 aromatic carbocycles. The SMILES string of the molecule is NC(=O)C1(CNCc2cccs2)CCOCC1. The second-order valence-electron chi connectivity index (χ2n) is 4.44. The molecule has 17 heavy (non-hydrogen) atoms. The highest BCUT2D eigenvalue weighted by atomic mass is 32.1. The van der Waals surface area contributed by atoms with Crippen LogP contribution in [0.3, 0.4) is 0 Å². The second-order valence-corrected chi connectivity index (χ2v) is 5.47. The highest BCUT2D eigenvalue weighted by Crippen LogP contribution is 2.29. The van der Waals surface area contributed by atoms with Gasteiger partial charge in [-0.2, -0.15) is 0 Å². The summed E-state index contributed by atoms with van der Waals surface area (Å²) in [5.41, 5.74) is 5.11. The molecule has 0 saturated carbocycles. The molecule has 3 N–H and O–H groups in total. The third-order valence-corrected chi connectivity index (χ3v) is 4.19. The van der Waals surface area contributed by atoms with Crippen molar-refractivity contribution >= 4 is 17.2 Å². The standard InChI is InChI=1S/C12H18N2O2S/c13-11(15)12(3-5-16-6-4-12)9-14-8-10-2-1-7-17-10/h1-2,7,14H,3-6,8-9H2,(H2,13,15). The van der Waals surface area contributed by atoms with Gasteiger partial charge in [0, 0.05) is 31.2 Å². The van der Waals surface area contributed by atoms with Crippen LogP contribution >= 0.6 is 11.3 Å². The lowest BCUT2D eigenvalue weighted by Crippen LogP contribution is -2.48. The normalized spacial score (nSPS) is 19.1. The zero-order chi connectivity index (χ0) is 12.1. The van der Waals surface area contributed by atoms with Gasteiger partial charge in [-0.25, -0.2) is 0 Å². The van der Waals surface area contributed by atoms with Crippen molar-refractivity contribution in [3.8, 4) is 0 Å². The monoisotopic (exact) mass is 254 g/mol. The van der Waals surface area contributed by atoms with Gasteiger partial charge in [0.2, 0.25) is 5.91 Å². The zero-order valence-electron chi connectivity index (χ0n) is 9.78. The van der Waals surface area contributed by atoms with Gasteiger partial charge in [-0.15, -0.1) is 11.3 Å². The minimum Gasteiger partial charge on any atom is -0.381 e. The fourth-order valence-electron chi connectivity index (χ4n) is 2.11. The number of rotatable bonds is 5. The molecule has 0 bridgehead atoms. The number of hydrogen-bond donors (Lipinski definition) is 2. The highest BCUT2D eigenvalue weighted by Gasteiger charge is 2.37. The number of primary amides is 1. The van der Waals surface area contributed by atoms with Crippen molar-refractivity contribution in [2.45, 2.75) is 19.4 Å². The van der Waals surface area contributed by atoms with Crippen LogP contribution in [-0.2, 0) is 16.1 Å². The van der Waals surface area contributed by atoms with Crippen molar-refractivity contribution in [1.29, 1.82) is 0 Å². The van der Waals surface area contributed by atoms with Gasteiger partial charge >= 0.3 is 0 Å². The molecule has 1 saturated heterocycles. The van der Waals surface area contributed by atoms with Gasteiger partial charge in [0.15, 0.2) is 0 Å². The summed E-state index contributed by atoms with van der Waals surface area (Å²) < 4.78 is 5.29. The van der Waals surface area contributed by atoms with Crippen molar-refractivity contribution in [3.05, 3.63) is 22.4 Å². The molecule has 0 spiro atoms. The van der Waals surface area contributed by atoms with Crippen molar-refractivity contribution in [2.75, 3.05) is 19.8 Å². The van der Waals surface area contributed by atoms with E-state index in [0.717, 1.165) is 19.4 Å². The number of carbonyl (C=O) groups is 1. The summed E-state index contributed by atoms with van der Waals surface area (Å²) in [6.45, 7) is 2.70. The molecule has 2 heterocycles. The maximum absolute atomic E-state index is 11.6. The molecule has 1 aromatic rings. The van der Waals surface area contributed by atoms with Gasteiger partial charge < -0.3 is 15.8 Å². The predicted molar refractivity (Wildman–Crippen MR) is 67.7 cm³/mol. The maximum Gasteiger partial charge on any atom is 0.225 e. The Hall–Kier alpha value is -0.910. The van der Waals surface area contributed by atoms with Crippen molar-refractivity contribution in [3.63, 3.8) is 0 Å². The van der Waals surface area contributed by atoms with E-state index in [1.165, 1.54) is 4.88 Å². The van der Waals surface area contributed by atoms with Crippen LogP contribution < -0.4 is 11.1 Å². The van der Waals surface area contributed by atoms with E-state index < -0.39 is 5.41 Å². The summed E-state index contributed by atoms with van der Waals surface area (Å²) in [6.07, 6.45) is 1.44. The van der Waals surface area contributed by atoms with E-state index in [9.17, 15) is 4.79 Å². The van der Waals surface area contributed by atoms with Gasteiger partial charge in [0.05, 0.1) is 5.41 Å². The first-order valence-electron chi connectivity index (χ1n) is 5.84. The summed E-state index contributed by atoms with van der Waals surface area (Å²) in [6, 6.07) is 4.11. The molecule has 94 valence electrons. The number of nitrogens with one attached hydrogen (secondary N) is 1. The average Bonchev–Trinajstić information content (AvgIpc) is 2.83. The van der Waals surface area contributed by atoms with E-state index in [0.29, 0.717) is 19.8 Å². The van der Waals surface area contributed by atoms with Crippen LogP contribution in [0.4, 0.5) is 0 Å². The molecule has 1 aromatic heterocycles. The summed E-state index contributed by atoms with van der Waals surface area (Å²) in [7, 11) is 0. The van der Waals surface area contributed by atoms with Gasteiger partial charge in [-0.3, -0.25) is 4.79 Å². The highest BCUT2D eigenvalue weighted by molar-refractivity contribution is 7.09. The molecular weight excluding hydrogens is 236 g/mol. The summed E-state index contributed by atoms with van der Waals surface area (Å²) in [4.78, 5) is 12.9. The molecule has 5 heteroatoms. The second kappa shape index (κ2) is 5.62. The minimum absolute atomic E-state index is 0.209. The third kappa shape index (κ3) is 3.06. The van der Waals surface area contributed by atoms with Crippen molar-refractivity contribution in [2.24, 2.45) is 11.1 Å². The van der Waals surface area contributed by atoms with E-state index >= 15 is 0 Å². The number of ether oxygens (including phenoxy) is 1. The Morgan fingerprint density at radius 1 is 1.53 bits per heavy atom. The first-order chi connectivity index (χ1) is 8.23. The van der Waals surface area contributed by atoms with Gasteiger partial charge in [0.1, 0.15) is 0 Å². The largest absolute Gasteiger partial charge is 0.381 e. The van der Waals surface area contributed by atoms with Gasteiger partial charge in [-0.1, -0.05) is 6.07 Å². The van der Waals surface area contributed by atoms with Crippen LogP contribution in [0.25, 0.3) is 0 Å². The molecule has 1 aliphatic heterocycles. The first kappa shape index (κ1) is 12.5. The van der Waals surface area contributed by atoms with Crippen LogP contribution in [0.5, 0.6) is 0 Å². The summed E-state index contributed by atoms with van der Waals surface area (Å²) in [5, 5.41) is 5.38. The lowest BCUT2D eigenvalue weighted by Gasteiger charge is -2.34. The fraction of sp³-hybridized carbons (Fsp3) is 0.583. The van der Waals surface area contributed by atoms with E-state index in [4.69, 9.17) is 10.5 Å². The Kier molecular flexibility index (Phi) is 4.15. The summed E-state index contributed by atoms with van der Waals surface area (Å²) >= 11 is 1.71. The van der Waals surface area contributed by atoms with Crippen LogP contribution in [-0.4, -0.2) is 25.7 Å². The number of thiophene rings is 1. The van der Waals surface area contributed by atoms with Crippen LogP contribution in [0.2, 0.25) is 0 Å². The number of amides is 1. The Morgan fingerprint density at radius 3 is 2.88 bits per heavy atom. The smallest absolute Gasteiger partial charge is 0.225 e. The first-order valence-corrected chi connectivity index (χ1v) is 6.72. The molecule has 0 atom stereocenters. The van der Waals surface area contributed by atoms with E-state index in [-0.39, 0.29) is 5.91 Å². The van der Waals surface area contributed by atoms with E-state index in [1.807, 2.05) is 6.07 Å². The van der Waals surface area contributed by atoms with Gasteiger partial charge in [-0.05, 0) is 24.3 Å². The molecule has 0 radical (unpaired) electrons. The van der Waals surface area contributed by atoms with Crippen molar-refractivity contribution < 1.29 is 9.53 Å². The Labute approximate surface area is 105 Å². The molecule has 0 unspecified atom stereocenters. The maximum atomic E-state index is 11.6.